The van der Waals surface area contributed by atoms with Crippen LogP contribution in [-0.4, -0.2) is 5.11 Å². The van der Waals surface area contributed by atoms with Crippen molar-refractivity contribution in [2.75, 3.05) is 0 Å². The van der Waals surface area contributed by atoms with Crippen LogP contribution in [-0.2, 0) is 6.42 Å². The Balaban J connectivity index is 2.99. The molecule has 1 rings (SSSR count). The van der Waals surface area contributed by atoms with Crippen molar-refractivity contribution >= 4 is 0 Å². The Hall–Kier alpha value is -1.12. The van der Waals surface area contributed by atoms with Crippen molar-refractivity contribution in [1.82, 2.24) is 0 Å². The molecule has 1 aromatic rings. The highest BCUT2D eigenvalue weighted by Gasteiger charge is 2.17. The number of hydrogen-bond acceptors (Lipinski definition) is 3. The fourth-order valence-electron chi connectivity index (χ4n) is 0.909. The van der Waals surface area contributed by atoms with Crippen LogP contribution in [0.5, 0.6) is 5.75 Å². The van der Waals surface area contributed by atoms with Gasteiger partial charge in [0, 0.05) is 5.56 Å². The molecule has 0 atom stereocenters. The third kappa shape index (κ3) is 0.744. The summed E-state index contributed by atoms with van der Waals surface area (Å²) in [6.07, 6.45) is 1.29. The van der Waals surface area contributed by atoms with E-state index in [2.05, 4.69) is 0 Å². The van der Waals surface area contributed by atoms with E-state index in [1.165, 1.54) is 0 Å². The topological polar surface area (TPSA) is 54.4 Å². The lowest BCUT2D eigenvalue weighted by molar-refractivity contribution is 0.453. The second kappa shape index (κ2) is 2.25. The fourth-order valence-corrected chi connectivity index (χ4v) is 0.909. The Morgan fingerprint density at radius 3 is 2.30 bits per heavy atom. The fraction of sp³-hybridized carbons (Fsp3) is 0.429. The van der Waals surface area contributed by atoms with E-state index >= 15 is 0 Å². The molecule has 0 aromatic heterocycles. The zero-order valence-corrected chi connectivity index (χ0v) is 5.68. The second-order valence-corrected chi connectivity index (χ2v) is 2.24. The molecule has 0 aliphatic rings. The zero-order valence-electron chi connectivity index (χ0n) is 5.68. The third-order valence-electron chi connectivity index (χ3n) is 1.48. The van der Waals surface area contributed by atoms with Gasteiger partial charge >= 0.3 is 0 Å². The Kier molecular flexibility index (Phi) is 1.57. The summed E-state index contributed by atoms with van der Waals surface area (Å²) in [5, 5.41) is 8.79. The first-order valence-electron chi connectivity index (χ1n) is 3.19. The average molecular weight is 140 g/mol. The van der Waals surface area contributed by atoms with Gasteiger partial charge in [-0.2, -0.15) is 0 Å². The highest BCUT2D eigenvalue weighted by Crippen LogP contribution is 2.09. The first-order chi connectivity index (χ1) is 4.68. The summed E-state index contributed by atoms with van der Waals surface area (Å²) in [4.78, 5) is 21.0. The predicted octanol–water partition coefficient (Wildman–Crippen LogP) is -0.0593. The van der Waals surface area contributed by atoms with E-state index < -0.39 is 10.9 Å². The summed E-state index contributed by atoms with van der Waals surface area (Å²) >= 11 is 0. The molecule has 54 valence electrons. The van der Waals surface area contributed by atoms with Crippen molar-refractivity contribution in [2.24, 2.45) is 0 Å². The Labute approximate surface area is 57.6 Å². The minimum absolute atomic E-state index is 0.299. The summed E-state index contributed by atoms with van der Waals surface area (Å²) in [6, 6.07) is 0. The van der Waals surface area contributed by atoms with Crippen molar-refractivity contribution in [1.29, 1.82) is 0 Å². The smallest absolute Gasteiger partial charge is 0.267 e. The maximum Gasteiger partial charge on any atom is 0.267 e. The van der Waals surface area contributed by atoms with Crippen LogP contribution in [0, 0.1) is 0 Å². The Morgan fingerprint density at radius 2 is 1.90 bits per heavy atom. The van der Waals surface area contributed by atoms with Crippen molar-refractivity contribution in [2.45, 2.75) is 19.8 Å². The molecule has 0 amide bonds. The zero-order chi connectivity index (χ0) is 7.72. The maximum absolute atomic E-state index is 10.6. The van der Waals surface area contributed by atoms with Gasteiger partial charge in [0.05, 0.1) is 0 Å². The molecule has 3 nitrogen and oxygen atoms in total. The van der Waals surface area contributed by atoms with Gasteiger partial charge in [-0.3, -0.25) is 9.59 Å². The van der Waals surface area contributed by atoms with Crippen LogP contribution in [0.15, 0.2) is 9.59 Å². The van der Waals surface area contributed by atoms with Crippen molar-refractivity contribution in [3.63, 3.8) is 0 Å². The third-order valence-corrected chi connectivity index (χ3v) is 1.48. The van der Waals surface area contributed by atoms with E-state index in [0.29, 0.717) is 12.0 Å². The highest BCUT2D eigenvalue weighted by atomic mass is 16.3. The lowest BCUT2D eigenvalue weighted by Gasteiger charge is -2.01. The van der Waals surface area contributed by atoms with E-state index in [9.17, 15) is 9.59 Å². The molecule has 0 saturated carbocycles. The predicted molar refractivity (Wildman–Crippen MR) is 37.0 cm³/mol. The standard InChI is InChI=1S/C7H8O3/c1-2-3-4-5(8)7(10)6(4)9/h8H,2-3H2,1H3. The molecule has 0 spiro atoms. The highest BCUT2D eigenvalue weighted by molar-refractivity contribution is 5.37. The van der Waals surface area contributed by atoms with E-state index in [1.54, 1.807) is 0 Å². The second-order valence-electron chi connectivity index (χ2n) is 2.24. The first-order valence-corrected chi connectivity index (χ1v) is 3.19. The normalized spacial score (nSPS) is 10.5. The van der Waals surface area contributed by atoms with Crippen molar-refractivity contribution in [3.05, 3.63) is 26.0 Å². The van der Waals surface area contributed by atoms with Crippen LogP contribution < -0.4 is 10.9 Å². The molecule has 1 N–H and O–H groups in total. The lowest BCUT2D eigenvalue weighted by Crippen LogP contribution is -2.34. The Bertz CT molecular complexity index is 304. The quantitative estimate of drug-likeness (QED) is 0.585. The minimum Gasteiger partial charge on any atom is -0.504 e. The van der Waals surface area contributed by atoms with Crippen LogP contribution in [0.2, 0.25) is 0 Å². The lowest BCUT2D eigenvalue weighted by atomic mass is 10.0. The molecule has 10 heavy (non-hydrogen) atoms. The van der Waals surface area contributed by atoms with Gasteiger partial charge in [0.15, 0.2) is 5.75 Å². The average Bonchev–Trinajstić information content (AvgIpc) is 1.98. The summed E-state index contributed by atoms with van der Waals surface area (Å²) in [5.41, 5.74) is -0.949. The summed E-state index contributed by atoms with van der Waals surface area (Å²) in [6.45, 7) is 1.89. The van der Waals surface area contributed by atoms with E-state index in [1.807, 2.05) is 6.92 Å². The van der Waals surface area contributed by atoms with Crippen LogP contribution >= 0.6 is 0 Å². The van der Waals surface area contributed by atoms with E-state index in [0.717, 1.165) is 6.42 Å². The Morgan fingerprint density at radius 1 is 1.30 bits per heavy atom. The first kappa shape index (κ1) is 6.99. The molecule has 0 saturated heterocycles. The van der Waals surface area contributed by atoms with E-state index in [4.69, 9.17) is 5.11 Å². The van der Waals surface area contributed by atoms with Crippen molar-refractivity contribution in [3.8, 4) is 5.75 Å². The largest absolute Gasteiger partial charge is 0.504 e. The van der Waals surface area contributed by atoms with E-state index in [-0.39, 0.29) is 5.75 Å². The van der Waals surface area contributed by atoms with Crippen LogP contribution in [0.3, 0.4) is 0 Å². The molecule has 0 aliphatic heterocycles. The van der Waals surface area contributed by atoms with Gasteiger partial charge < -0.3 is 5.11 Å². The number of aromatic hydroxyl groups is 1. The van der Waals surface area contributed by atoms with Crippen molar-refractivity contribution < 1.29 is 5.11 Å². The van der Waals surface area contributed by atoms with Gasteiger partial charge in [0.1, 0.15) is 0 Å². The van der Waals surface area contributed by atoms with Gasteiger partial charge in [-0.1, -0.05) is 13.3 Å². The molecule has 0 heterocycles. The molecule has 0 unspecified atom stereocenters. The number of rotatable bonds is 2. The molecule has 0 bridgehead atoms. The molecule has 0 aliphatic carbocycles. The molecule has 0 fully saturated rings. The van der Waals surface area contributed by atoms with Crippen LogP contribution in [0.25, 0.3) is 0 Å². The number of hydrogen-bond donors (Lipinski definition) is 1. The van der Waals surface area contributed by atoms with Crippen LogP contribution in [0.4, 0.5) is 0 Å². The molecule has 1 aromatic carbocycles. The summed E-state index contributed by atoms with van der Waals surface area (Å²) in [5.74, 6) is -0.327. The molecular formula is C7H8O3. The minimum atomic E-state index is -0.733. The van der Waals surface area contributed by atoms with Gasteiger partial charge in [0.25, 0.3) is 5.43 Å². The van der Waals surface area contributed by atoms with Gasteiger partial charge in [-0.15, -0.1) is 0 Å². The van der Waals surface area contributed by atoms with Gasteiger partial charge in [-0.25, -0.2) is 0 Å². The SMILES string of the molecule is CCCc1c(O)c(=O)c1=O. The molecular weight excluding hydrogens is 132 g/mol. The summed E-state index contributed by atoms with van der Waals surface area (Å²) < 4.78 is 0. The van der Waals surface area contributed by atoms with Gasteiger partial charge in [-0.05, 0) is 6.42 Å². The monoisotopic (exact) mass is 140 g/mol. The van der Waals surface area contributed by atoms with Crippen LogP contribution in [0.1, 0.15) is 18.9 Å². The van der Waals surface area contributed by atoms with Gasteiger partial charge in [0.2, 0.25) is 5.43 Å². The maximum atomic E-state index is 10.6. The molecule has 3 heteroatoms. The molecule has 0 radical (unpaired) electrons. The summed E-state index contributed by atoms with van der Waals surface area (Å²) in [7, 11) is 0.